The van der Waals surface area contributed by atoms with E-state index in [0.29, 0.717) is 21.7 Å². The molecule has 0 saturated carbocycles. The number of benzene rings is 4. The molecule has 0 amide bonds. The minimum atomic E-state index is -1.26. The van der Waals surface area contributed by atoms with Gasteiger partial charge in [-0.1, -0.05) is 61.0 Å². The molecule has 4 rings (SSSR count). The molecule has 0 unspecified atom stereocenters. The van der Waals surface area contributed by atoms with Crippen molar-refractivity contribution < 1.29 is 105 Å². The number of aromatic hydroxyl groups is 2. The number of hydrogen-bond acceptors (Lipinski definition) is 7. The Bertz CT molecular complexity index is 1530. The van der Waals surface area contributed by atoms with Crippen molar-refractivity contribution in [2.45, 2.75) is 7.43 Å². The van der Waals surface area contributed by atoms with Gasteiger partial charge in [0.25, 0.3) is 0 Å². The van der Waals surface area contributed by atoms with Crippen LogP contribution in [-0.2, 0) is 18.6 Å². The molecule has 201 valence electrons. The van der Waals surface area contributed by atoms with Crippen molar-refractivity contribution in [3.05, 3.63) is 110 Å². The topological polar surface area (TPSA) is 161 Å². The number of carbonyl (C=O) groups excluding carboxylic acids is 1. The summed E-state index contributed by atoms with van der Waals surface area (Å²) in [6.07, 6.45) is 0. The van der Waals surface area contributed by atoms with Crippen LogP contribution in [0.25, 0.3) is 22.3 Å². The maximum atomic E-state index is 10.9. The first-order valence-corrected chi connectivity index (χ1v) is 11.0. The van der Waals surface area contributed by atoms with Gasteiger partial charge in [-0.05, 0) is 59.2 Å². The summed E-state index contributed by atoms with van der Waals surface area (Å²) in [7, 11) is 0. The second-order valence-corrected chi connectivity index (χ2v) is 8.37. The average Bonchev–Trinajstić information content (AvgIpc) is 2.87. The molecule has 0 heterocycles. The van der Waals surface area contributed by atoms with E-state index in [9.17, 15) is 35.0 Å². The second-order valence-electron chi connectivity index (χ2n) is 7.49. The van der Waals surface area contributed by atoms with Crippen LogP contribution in [0, 0.1) is 10.1 Å². The third-order valence-corrected chi connectivity index (χ3v) is 5.49. The molecule has 0 aliphatic carbocycles. The average molecular weight is 647 g/mol. The van der Waals surface area contributed by atoms with Crippen LogP contribution in [0.1, 0.15) is 28.1 Å². The molecule has 0 fully saturated rings. The smallest absolute Gasteiger partial charge is 0.545 e. The molecule has 0 spiro atoms. The van der Waals surface area contributed by atoms with Gasteiger partial charge in [0.05, 0.1) is 16.5 Å². The molecule has 0 aromatic heterocycles. The molecule has 0 aliphatic rings. The Kier molecular flexibility index (Phi) is 15.8. The first-order chi connectivity index (χ1) is 17.5. The summed E-state index contributed by atoms with van der Waals surface area (Å²) >= 11 is 11.6. The van der Waals surface area contributed by atoms with E-state index in [-0.39, 0.29) is 105 Å². The van der Waals surface area contributed by atoms with Gasteiger partial charge in [0.1, 0.15) is 5.75 Å². The van der Waals surface area contributed by atoms with Crippen molar-refractivity contribution >= 4 is 40.8 Å². The molecule has 0 atom stereocenters. The van der Waals surface area contributed by atoms with E-state index < -0.39 is 28.3 Å². The van der Waals surface area contributed by atoms with Crippen molar-refractivity contribution in [2.24, 2.45) is 0 Å². The fraction of sp³-hybridized carbons (Fsp3) is 0.0370. The Balaban J connectivity index is 0.000000715. The zero-order valence-electron chi connectivity index (χ0n) is 20.0. The normalized spacial score (nSPS) is 9.45. The number of carboxylic acids is 2. The van der Waals surface area contributed by atoms with Crippen LogP contribution in [0.3, 0.4) is 0 Å². The van der Waals surface area contributed by atoms with Crippen LogP contribution in [0.4, 0.5) is 5.69 Å². The van der Waals surface area contributed by atoms with Gasteiger partial charge in [-0.2, -0.15) is 0 Å². The van der Waals surface area contributed by atoms with E-state index in [4.69, 9.17) is 28.3 Å². The van der Waals surface area contributed by atoms with E-state index in [0.717, 1.165) is 6.07 Å². The zero-order chi connectivity index (χ0) is 27.3. The Hall–Kier alpha value is -2.38. The minimum absolute atomic E-state index is 0. The second kappa shape index (κ2) is 16.8. The van der Waals surface area contributed by atoms with Crippen LogP contribution >= 0.6 is 23.2 Å². The minimum Gasteiger partial charge on any atom is -0.545 e. The Morgan fingerprint density at radius 3 is 1.85 bits per heavy atom. The first kappa shape index (κ1) is 37.6. The molecular formula is C27H20Cl2KNO8V. The summed E-state index contributed by atoms with van der Waals surface area (Å²) in [5, 5.41) is 50.6. The molecule has 0 aliphatic heterocycles. The maximum absolute atomic E-state index is 10.9. The molecule has 0 saturated heterocycles. The van der Waals surface area contributed by atoms with Gasteiger partial charge < -0.3 is 25.2 Å². The van der Waals surface area contributed by atoms with Crippen LogP contribution in [0.5, 0.6) is 11.5 Å². The molecule has 40 heavy (non-hydrogen) atoms. The number of halogens is 2. The Labute approximate surface area is 293 Å². The van der Waals surface area contributed by atoms with E-state index in [2.05, 4.69) is 0 Å². The summed E-state index contributed by atoms with van der Waals surface area (Å²) in [5.74, 6) is -2.90. The van der Waals surface area contributed by atoms with Crippen LogP contribution in [0.2, 0.25) is 10.0 Å². The van der Waals surface area contributed by atoms with Gasteiger partial charge in [0.2, 0.25) is 5.75 Å². The summed E-state index contributed by atoms with van der Waals surface area (Å²) < 4.78 is 0. The number of carbonyl (C=O) groups is 2. The number of nitrogens with zero attached hydrogens (tertiary/aromatic N) is 1. The maximum Gasteiger partial charge on any atom is 1.00 e. The largest absolute Gasteiger partial charge is 1.00 e. The predicted molar refractivity (Wildman–Crippen MR) is 142 cm³/mol. The number of phenolic OH excluding ortho intramolecular Hbond substituents is 2. The van der Waals surface area contributed by atoms with E-state index in [1.165, 1.54) is 48.5 Å². The third-order valence-electron chi connectivity index (χ3n) is 5.04. The van der Waals surface area contributed by atoms with Gasteiger partial charge in [0, 0.05) is 45.8 Å². The number of nitro groups is 1. The number of nitro benzene ring substituents is 1. The van der Waals surface area contributed by atoms with Crippen LogP contribution in [-0.4, -0.2) is 32.2 Å². The van der Waals surface area contributed by atoms with E-state index in [1.54, 1.807) is 24.3 Å². The van der Waals surface area contributed by atoms with Crippen molar-refractivity contribution in [1.29, 1.82) is 0 Å². The number of phenols is 2. The van der Waals surface area contributed by atoms with Gasteiger partial charge in [-0.15, -0.1) is 0 Å². The van der Waals surface area contributed by atoms with Gasteiger partial charge in [-0.25, -0.2) is 4.79 Å². The van der Waals surface area contributed by atoms with Gasteiger partial charge in [-0.3, -0.25) is 10.1 Å². The fourth-order valence-electron chi connectivity index (χ4n) is 3.32. The third kappa shape index (κ3) is 9.62. The van der Waals surface area contributed by atoms with Gasteiger partial charge >= 0.3 is 63.0 Å². The fourth-order valence-corrected chi connectivity index (χ4v) is 3.70. The molecule has 0 bridgehead atoms. The number of rotatable bonds is 5. The predicted octanol–water partition coefficient (Wildman–Crippen LogP) is 3.03. The first-order valence-electron chi connectivity index (χ1n) is 10.3. The molecule has 4 aromatic rings. The Morgan fingerprint density at radius 1 is 0.775 bits per heavy atom. The van der Waals surface area contributed by atoms with Crippen molar-refractivity contribution in [1.82, 2.24) is 0 Å². The molecule has 4 aromatic carbocycles. The summed E-state index contributed by atoms with van der Waals surface area (Å²) in [6.45, 7) is 0. The van der Waals surface area contributed by atoms with Crippen molar-refractivity contribution in [3.63, 3.8) is 0 Å². The monoisotopic (exact) mass is 646 g/mol. The summed E-state index contributed by atoms with van der Waals surface area (Å²) in [4.78, 5) is 31.7. The van der Waals surface area contributed by atoms with Crippen molar-refractivity contribution in [2.75, 3.05) is 0 Å². The molecule has 9 nitrogen and oxygen atoms in total. The quantitative estimate of drug-likeness (QED) is 0.169. The SMILES string of the molecule is C.O=C(O)c1cccc(-c2cc(Cl)cc([N+](=O)[O-])c2O)c1.O=C([O-])c1cccc(-c2cc(Cl)ccc2O)c1.[K+].[V]. The summed E-state index contributed by atoms with van der Waals surface area (Å²) in [5.41, 5.74) is 1.02. The molecule has 13 heteroatoms. The molecular weight excluding hydrogens is 627 g/mol. The zero-order valence-corrected chi connectivity index (χ0v) is 26.1. The Morgan fingerprint density at radius 2 is 1.30 bits per heavy atom. The van der Waals surface area contributed by atoms with Crippen LogP contribution in [0.15, 0.2) is 78.9 Å². The van der Waals surface area contributed by atoms with E-state index >= 15 is 0 Å². The number of aromatic carboxylic acids is 2. The molecule has 3 N–H and O–H groups in total. The van der Waals surface area contributed by atoms with Crippen LogP contribution < -0.4 is 56.5 Å². The number of carboxylic acid groups (broad SMARTS) is 2. The van der Waals surface area contributed by atoms with Gasteiger partial charge in [0.15, 0.2) is 0 Å². The molecule has 1 radical (unpaired) electrons. The number of hydrogen-bond donors (Lipinski definition) is 3. The van der Waals surface area contributed by atoms with Crippen molar-refractivity contribution in [3.8, 4) is 33.8 Å². The summed E-state index contributed by atoms with van der Waals surface area (Å²) in [6, 6.07) is 18.8. The van der Waals surface area contributed by atoms with E-state index in [1.807, 2.05) is 0 Å². The standard InChI is InChI=1S/C13H8ClNO5.C13H9ClO3.CH4.K.V/c14-9-5-10(12(16)11(6-9)15(19)20)7-2-1-3-8(4-7)13(17)18;14-10-4-5-12(15)11(7-10)8-2-1-3-9(6-8)13(16)17;;;/h1-6,16H,(H,17,18);1-7,15H,(H,16,17);1H4;;/q;;;+1;/p-1.